The lowest BCUT2D eigenvalue weighted by molar-refractivity contribution is -0.165. The second-order valence-electron chi connectivity index (χ2n) is 18.0. The fraction of sp³-hybridized carbons (Fsp3) is 0.492. The molecule has 5 rings (SSSR count). The lowest BCUT2D eigenvalue weighted by Crippen LogP contribution is -2.36. The average molecular weight is 1020 g/mol. The zero-order valence-electron chi connectivity index (χ0n) is 45.4. The maximum atomic E-state index is 14.4. The molecule has 70 heavy (non-hydrogen) atoms. The van der Waals surface area contributed by atoms with Crippen LogP contribution >= 0.6 is 34.8 Å². The van der Waals surface area contributed by atoms with Gasteiger partial charge in [-0.25, -0.2) is 0 Å². The molecule has 5 aromatic rings. The maximum absolute atomic E-state index is 14.4. The zero-order chi connectivity index (χ0) is 52.7. The van der Waals surface area contributed by atoms with E-state index < -0.39 is 10.8 Å². The molecule has 0 aliphatic rings. The average Bonchev–Trinajstić information content (AvgIpc) is 3.42. The highest BCUT2D eigenvalue weighted by Gasteiger charge is 2.42. The first-order chi connectivity index (χ1) is 33.8. The van der Waals surface area contributed by atoms with E-state index in [0.29, 0.717) is 30.5 Å². The lowest BCUT2D eigenvalue weighted by Gasteiger charge is -2.36. The Balaban J connectivity index is 0.00000291. The number of hydrogen-bond donors (Lipinski definition) is 0. The summed E-state index contributed by atoms with van der Waals surface area (Å²) in [5.74, 6) is 1.23. The summed E-state index contributed by atoms with van der Waals surface area (Å²) in [6.45, 7) is 28.5. The fourth-order valence-corrected chi connectivity index (χ4v) is 9.61. The van der Waals surface area contributed by atoms with E-state index in [0.717, 1.165) is 41.5 Å². The SMILES string of the molecule is CC.CC.CC.CC.CCC(CC(C)(CC(C)c1ccccc1)C(=O)OCCOC(=O)C(C)(C)C(CC(CC(C)c1ccc(CCl)cc1)c1ccccc1)c1ccc(CCl)cc1)c1ccc(CCl)cc1. The number of rotatable bonds is 23. The molecule has 0 radical (unpaired) electrons. The molecule has 0 bridgehead atoms. The van der Waals surface area contributed by atoms with Gasteiger partial charge in [-0.05, 0) is 121 Å². The molecule has 0 aromatic heterocycles. The second-order valence-corrected chi connectivity index (χ2v) is 18.8. The first-order valence-electron chi connectivity index (χ1n) is 26.2. The third kappa shape index (κ3) is 19.8. The molecule has 0 N–H and O–H groups in total. The third-order valence-corrected chi connectivity index (χ3v) is 14.0. The molecular weight excluding hydrogens is 927 g/mol. The van der Waals surface area contributed by atoms with Crippen molar-refractivity contribution < 1.29 is 19.1 Å². The number of hydrogen-bond acceptors (Lipinski definition) is 4. The van der Waals surface area contributed by atoms with Gasteiger partial charge in [0.05, 0.1) is 10.8 Å². The summed E-state index contributed by atoms with van der Waals surface area (Å²) in [5.41, 5.74) is 7.37. The Bertz CT molecular complexity index is 2100. The van der Waals surface area contributed by atoms with Crippen LogP contribution < -0.4 is 0 Å². The van der Waals surface area contributed by atoms with Crippen molar-refractivity contribution in [2.75, 3.05) is 13.2 Å². The quantitative estimate of drug-likeness (QED) is 0.0372. The number of benzene rings is 5. The summed E-state index contributed by atoms with van der Waals surface area (Å²) < 4.78 is 12.1. The van der Waals surface area contributed by atoms with Crippen LogP contribution in [0.25, 0.3) is 0 Å². The standard InChI is InChI=1S/C55H65Cl3O4.4C2H6/c1-7-44(48-26-20-42(37-57)21-27-48)35-55(6,34-40(3)45-14-10-8-11-15-45)53(60)62-31-30-61-52(59)54(4,5)51(49-28-22-43(38-58)23-29-49)33-50(47-16-12-9-13-17-47)32-39(2)46-24-18-41(36-56)19-25-46;4*1-2/h8-29,39-40,44,50-51H,7,30-38H2,1-6H3;4*1-2H3. The van der Waals surface area contributed by atoms with Crippen molar-refractivity contribution in [1.29, 1.82) is 0 Å². The Kier molecular flexibility index (Phi) is 32.1. The van der Waals surface area contributed by atoms with Gasteiger partial charge in [0.25, 0.3) is 0 Å². The zero-order valence-corrected chi connectivity index (χ0v) is 47.7. The highest BCUT2D eigenvalue weighted by molar-refractivity contribution is 6.17. The van der Waals surface area contributed by atoms with Crippen LogP contribution in [0.3, 0.4) is 0 Å². The van der Waals surface area contributed by atoms with E-state index in [1.165, 1.54) is 22.3 Å². The third-order valence-electron chi connectivity index (χ3n) is 13.0. The van der Waals surface area contributed by atoms with Crippen molar-refractivity contribution in [2.45, 2.75) is 176 Å². The predicted octanol–water partition coefficient (Wildman–Crippen LogP) is 19.4. The van der Waals surface area contributed by atoms with E-state index in [-0.39, 0.29) is 54.7 Å². The molecule has 0 aliphatic carbocycles. The van der Waals surface area contributed by atoms with Crippen LogP contribution in [0.2, 0.25) is 0 Å². The van der Waals surface area contributed by atoms with Crippen LogP contribution in [0.1, 0.15) is 203 Å². The van der Waals surface area contributed by atoms with Crippen molar-refractivity contribution in [2.24, 2.45) is 10.8 Å². The summed E-state index contributed by atoms with van der Waals surface area (Å²) in [4.78, 5) is 28.6. The summed E-state index contributed by atoms with van der Waals surface area (Å²) in [7, 11) is 0. The molecule has 0 spiro atoms. The van der Waals surface area contributed by atoms with Gasteiger partial charge in [-0.15, -0.1) is 34.8 Å². The molecule has 386 valence electrons. The number of carbonyl (C=O) groups excluding carboxylic acids is 2. The van der Waals surface area contributed by atoms with E-state index >= 15 is 0 Å². The van der Waals surface area contributed by atoms with Crippen LogP contribution in [-0.2, 0) is 36.7 Å². The van der Waals surface area contributed by atoms with Crippen molar-refractivity contribution in [3.63, 3.8) is 0 Å². The molecule has 7 heteroatoms. The summed E-state index contributed by atoms with van der Waals surface area (Å²) in [6, 6.07) is 46.1. The number of ether oxygens (including phenoxy) is 2. The molecule has 0 aliphatic heterocycles. The van der Waals surface area contributed by atoms with Crippen LogP contribution in [0, 0.1) is 10.8 Å². The van der Waals surface area contributed by atoms with Crippen molar-refractivity contribution >= 4 is 46.7 Å². The number of carbonyl (C=O) groups is 2. The molecule has 0 fully saturated rings. The van der Waals surface area contributed by atoms with Gasteiger partial charge in [-0.2, -0.15) is 0 Å². The van der Waals surface area contributed by atoms with E-state index in [9.17, 15) is 9.59 Å². The Labute approximate surface area is 441 Å². The number of halogens is 3. The van der Waals surface area contributed by atoms with Gasteiger partial charge in [0.2, 0.25) is 0 Å². The maximum Gasteiger partial charge on any atom is 0.312 e. The predicted molar refractivity (Wildman–Crippen MR) is 304 cm³/mol. The summed E-state index contributed by atoms with van der Waals surface area (Å²) in [6.07, 6.45) is 3.72. The van der Waals surface area contributed by atoms with Crippen molar-refractivity contribution in [3.05, 3.63) is 178 Å². The molecule has 0 heterocycles. The van der Waals surface area contributed by atoms with Gasteiger partial charge in [-0.1, -0.05) is 210 Å². The van der Waals surface area contributed by atoms with Gasteiger partial charge >= 0.3 is 11.9 Å². The van der Waals surface area contributed by atoms with E-state index in [4.69, 9.17) is 44.3 Å². The normalized spacial score (nSPS) is 13.7. The van der Waals surface area contributed by atoms with Gasteiger partial charge in [0, 0.05) is 23.6 Å². The minimum absolute atomic E-state index is 0.0288. The molecule has 6 atom stereocenters. The molecule has 6 unspecified atom stereocenters. The van der Waals surface area contributed by atoms with Crippen LogP contribution in [0.15, 0.2) is 133 Å². The monoisotopic (exact) mass is 1010 g/mol. The van der Waals surface area contributed by atoms with Crippen molar-refractivity contribution in [1.82, 2.24) is 0 Å². The molecule has 4 nitrogen and oxygen atoms in total. The van der Waals surface area contributed by atoms with Crippen LogP contribution in [0.5, 0.6) is 0 Å². The van der Waals surface area contributed by atoms with Crippen LogP contribution in [0.4, 0.5) is 0 Å². The Morgan fingerprint density at radius 2 is 0.829 bits per heavy atom. The number of esters is 2. The Hall–Kier alpha value is -4.09. The van der Waals surface area contributed by atoms with Gasteiger partial charge in [0.1, 0.15) is 13.2 Å². The van der Waals surface area contributed by atoms with E-state index in [2.05, 4.69) is 118 Å². The molecule has 0 amide bonds. The number of alkyl halides is 3. The van der Waals surface area contributed by atoms with Crippen LogP contribution in [-0.4, -0.2) is 25.2 Å². The fourth-order valence-electron chi connectivity index (χ4n) is 9.08. The minimum Gasteiger partial charge on any atom is -0.462 e. The highest BCUT2D eigenvalue weighted by Crippen LogP contribution is 2.46. The van der Waals surface area contributed by atoms with E-state index in [1.807, 2.05) is 113 Å². The highest BCUT2D eigenvalue weighted by atomic mass is 35.5. The first kappa shape index (κ1) is 63.9. The smallest absolute Gasteiger partial charge is 0.312 e. The lowest BCUT2D eigenvalue weighted by atomic mass is 9.68. The van der Waals surface area contributed by atoms with E-state index in [1.54, 1.807) is 0 Å². The largest absolute Gasteiger partial charge is 0.462 e. The Morgan fingerprint density at radius 1 is 0.457 bits per heavy atom. The first-order valence-corrected chi connectivity index (χ1v) is 27.8. The molecule has 5 aromatic carbocycles. The summed E-state index contributed by atoms with van der Waals surface area (Å²) in [5, 5.41) is 0. The molecule has 0 saturated carbocycles. The topological polar surface area (TPSA) is 52.6 Å². The van der Waals surface area contributed by atoms with Gasteiger partial charge in [-0.3, -0.25) is 9.59 Å². The molecular formula is C63H89Cl3O4. The minimum atomic E-state index is -0.919. The Morgan fingerprint density at radius 3 is 1.26 bits per heavy atom. The van der Waals surface area contributed by atoms with Crippen molar-refractivity contribution in [3.8, 4) is 0 Å². The second kappa shape index (κ2) is 35.1. The van der Waals surface area contributed by atoms with Gasteiger partial charge in [0.15, 0.2) is 0 Å². The molecule has 0 saturated heterocycles. The van der Waals surface area contributed by atoms with Gasteiger partial charge < -0.3 is 9.47 Å². The summed E-state index contributed by atoms with van der Waals surface area (Å²) >= 11 is 18.4.